The predicted octanol–water partition coefficient (Wildman–Crippen LogP) is 1.61. The molecule has 0 bridgehead atoms. The van der Waals surface area contributed by atoms with Gasteiger partial charge in [0.05, 0.1) is 5.70 Å². The van der Waals surface area contributed by atoms with E-state index in [4.69, 9.17) is 0 Å². The van der Waals surface area contributed by atoms with Crippen molar-refractivity contribution >= 4 is 11.6 Å². The number of carbonyl (C=O) groups is 1. The van der Waals surface area contributed by atoms with Crippen LogP contribution in [0.1, 0.15) is 24.5 Å². The molecule has 0 atom stereocenters. The third kappa shape index (κ3) is 2.18. The molecule has 1 heterocycles. The molecule has 0 aromatic heterocycles. The number of hydrogen-bond acceptors (Lipinski definition) is 2. The lowest BCUT2D eigenvalue weighted by atomic mass is 10.1. The molecule has 1 aromatic carbocycles. The summed E-state index contributed by atoms with van der Waals surface area (Å²) in [7, 11) is 0. The molecule has 1 aromatic rings. The van der Waals surface area contributed by atoms with Crippen LogP contribution >= 0.6 is 0 Å². The van der Waals surface area contributed by atoms with E-state index < -0.39 is 0 Å². The van der Waals surface area contributed by atoms with E-state index in [0.29, 0.717) is 6.42 Å². The molecule has 0 fully saturated rings. The highest BCUT2D eigenvalue weighted by molar-refractivity contribution is 5.83. The molecule has 1 aliphatic heterocycles. The Kier molecular flexibility index (Phi) is 2.72. The second kappa shape index (κ2) is 4.17. The molecule has 1 amide bonds. The lowest BCUT2D eigenvalue weighted by molar-refractivity contribution is -0.121. The van der Waals surface area contributed by atoms with Gasteiger partial charge in [0.2, 0.25) is 5.91 Å². The van der Waals surface area contributed by atoms with E-state index in [1.54, 1.807) is 0 Å². The number of carbonyl (C=O) groups excluding carboxylic acids is 1. The quantitative estimate of drug-likeness (QED) is 0.765. The van der Waals surface area contributed by atoms with Crippen LogP contribution in [0.3, 0.4) is 0 Å². The lowest BCUT2D eigenvalue weighted by Gasteiger charge is -2.16. The Morgan fingerprint density at radius 3 is 2.47 bits per heavy atom. The average molecular weight is 202 g/mol. The standard InChI is InChI=1S/C12H14N2O/c1-2-9-3-5-10(6-4-9)11-7-8-12(15)14-13-11/h3-7,13H,2,8H2,1H3,(H,14,15). The zero-order chi connectivity index (χ0) is 10.7. The van der Waals surface area contributed by atoms with Crippen molar-refractivity contribution in [3.8, 4) is 0 Å². The van der Waals surface area contributed by atoms with E-state index in [-0.39, 0.29) is 5.91 Å². The molecule has 1 aliphatic rings. The predicted molar refractivity (Wildman–Crippen MR) is 59.7 cm³/mol. The maximum Gasteiger partial charge on any atom is 0.242 e. The number of hydrogen-bond donors (Lipinski definition) is 2. The summed E-state index contributed by atoms with van der Waals surface area (Å²) in [5.41, 5.74) is 8.88. The van der Waals surface area contributed by atoms with E-state index in [2.05, 4.69) is 42.0 Å². The van der Waals surface area contributed by atoms with E-state index >= 15 is 0 Å². The lowest BCUT2D eigenvalue weighted by Crippen LogP contribution is -2.38. The fourth-order valence-corrected chi connectivity index (χ4v) is 1.54. The van der Waals surface area contributed by atoms with Crippen molar-refractivity contribution < 1.29 is 4.79 Å². The first-order valence-electron chi connectivity index (χ1n) is 5.14. The minimum atomic E-state index is 0.00364. The van der Waals surface area contributed by atoms with Gasteiger partial charge in [0, 0.05) is 6.42 Å². The highest BCUT2D eigenvalue weighted by Crippen LogP contribution is 2.14. The molecule has 3 heteroatoms. The molecule has 0 radical (unpaired) electrons. The van der Waals surface area contributed by atoms with Crippen LogP contribution in [-0.2, 0) is 11.2 Å². The summed E-state index contributed by atoms with van der Waals surface area (Å²) in [6, 6.07) is 8.34. The maximum atomic E-state index is 10.9. The topological polar surface area (TPSA) is 41.1 Å². The minimum absolute atomic E-state index is 0.00364. The number of rotatable bonds is 2. The second-order valence-corrected chi connectivity index (χ2v) is 3.55. The Bertz CT molecular complexity index is 393. The van der Waals surface area contributed by atoms with Gasteiger partial charge in [0.15, 0.2) is 0 Å². The van der Waals surface area contributed by atoms with Crippen LogP contribution in [0.25, 0.3) is 5.70 Å². The summed E-state index contributed by atoms with van der Waals surface area (Å²) < 4.78 is 0. The largest absolute Gasteiger partial charge is 0.298 e. The van der Waals surface area contributed by atoms with Gasteiger partial charge >= 0.3 is 0 Å². The van der Waals surface area contributed by atoms with Gasteiger partial charge in [0.25, 0.3) is 0 Å². The third-order valence-electron chi connectivity index (χ3n) is 2.50. The molecule has 3 nitrogen and oxygen atoms in total. The molecule has 2 rings (SSSR count). The first-order valence-corrected chi connectivity index (χ1v) is 5.14. The van der Waals surface area contributed by atoms with Crippen molar-refractivity contribution in [1.82, 2.24) is 10.9 Å². The van der Waals surface area contributed by atoms with Gasteiger partial charge in [-0.2, -0.15) is 0 Å². The summed E-state index contributed by atoms with van der Waals surface area (Å²) in [5, 5.41) is 0. The molecule has 0 aliphatic carbocycles. The van der Waals surface area contributed by atoms with Gasteiger partial charge < -0.3 is 0 Å². The number of aryl methyl sites for hydroxylation is 1. The van der Waals surface area contributed by atoms with Crippen LogP contribution in [0.2, 0.25) is 0 Å². The monoisotopic (exact) mass is 202 g/mol. The zero-order valence-corrected chi connectivity index (χ0v) is 8.71. The number of amides is 1. The second-order valence-electron chi connectivity index (χ2n) is 3.55. The number of nitrogens with one attached hydrogen (secondary N) is 2. The Labute approximate surface area is 89.2 Å². The van der Waals surface area contributed by atoms with Crippen molar-refractivity contribution in [1.29, 1.82) is 0 Å². The average Bonchev–Trinajstić information content (AvgIpc) is 2.30. The molecule has 2 N–H and O–H groups in total. The van der Waals surface area contributed by atoms with Gasteiger partial charge in [-0.3, -0.25) is 15.6 Å². The molecular weight excluding hydrogens is 188 g/mol. The Morgan fingerprint density at radius 2 is 1.93 bits per heavy atom. The van der Waals surface area contributed by atoms with E-state index in [1.807, 2.05) is 6.08 Å². The van der Waals surface area contributed by atoms with Crippen LogP contribution in [0.5, 0.6) is 0 Å². The maximum absolute atomic E-state index is 10.9. The fourth-order valence-electron chi connectivity index (χ4n) is 1.54. The Morgan fingerprint density at radius 1 is 1.20 bits per heavy atom. The van der Waals surface area contributed by atoms with Crippen LogP contribution in [-0.4, -0.2) is 5.91 Å². The van der Waals surface area contributed by atoms with Crippen LogP contribution < -0.4 is 10.9 Å². The molecule has 0 saturated carbocycles. The van der Waals surface area contributed by atoms with Crippen molar-refractivity contribution in [2.75, 3.05) is 0 Å². The molecule has 15 heavy (non-hydrogen) atoms. The fraction of sp³-hybridized carbons (Fsp3) is 0.250. The molecule has 78 valence electrons. The normalized spacial score (nSPS) is 15.3. The molecule has 0 spiro atoms. The van der Waals surface area contributed by atoms with Crippen molar-refractivity contribution in [3.05, 3.63) is 41.5 Å². The van der Waals surface area contributed by atoms with E-state index in [9.17, 15) is 4.79 Å². The van der Waals surface area contributed by atoms with Crippen LogP contribution in [0, 0.1) is 0 Å². The first-order chi connectivity index (χ1) is 7.29. The summed E-state index contributed by atoms with van der Waals surface area (Å²) in [6.45, 7) is 2.13. The molecular formula is C12H14N2O. The highest BCUT2D eigenvalue weighted by atomic mass is 16.2. The van der Waals surface area contributed by atoms with Gasteiger partial charge in [-0.15, -0.1) is 0 Å². The van der Waals surface area contributed by atoms with Gasteiger partial charge in [0.1, 0.15) is 0 Å². The number of hydrazine groups is 1. The summed E-state index contributed by atoms with van der Waals surface area (Å²) >= 11 is 0. The summed E-state index contributed by atoms with van der Waals surface area (Å²) in [4.78, 5) is 10.9. The van der Waals surface area contributed by atoms with E-state index in [0.717, 1.165) is 17.7 Å². The van der Waals surface area contributed by atoms with Crippen molar-refractivity contribution in [3.63, 3.8) is 0 Å². The SMILES string of the molecule is CCc1ccc(C2=CCC(=O)NN2)cc1. The van der Waals surface area contributed by atoms with Gasteiger partial charge in [-0.05, 0) is 23.6 Å². The minimum Gasteiger partial charge on any atom is -0.298 e. The highest BCUT2D eigenvalue weighted by Gasteiger charge is 2.09. The molecule has 0 unspecified atom stereocenters. The third-order valence-corrected chi connectivity index (χ3v) is 2.50. The number of benzene rings is 1. The first kappa shape index (κ1) is 9.77. The van der Waals surface area contributed by atoms with Crippen molar-refractivity contribution in [2.45, 2.75) is 19.8 Å². The van der Waals surface area contributed by atoms with Crippen molar-refractivity contribution in [2.24, 2.45) is 0 Å². The van der Waals surface area contributed by atoms with Gasteiger partial charge in [-0.1, -0.05) is 31.2 Å². The zero-order valence-electron chi connectivity index (χ0n) is 8.71. The Hall–Kier alpha value is -1.77. The van der Waals surface area contributed by atoms with Gasteiger partial charge in [-0.25, -0.2) is 0 Å². The molecule has 0 saturated heterocycles. The summed E-state index contributed by atoms with van der Waals surface area (Å²) in [6.07, 6.45) is 3.39. The summed E-state index contributed by atoms with van der Waals surface area (Å²) in [5.74, 6) is 0.00364. The van der Waals surface area contributed by atoms with Crippen LogP contribution in [0.4, 0.5) is 0 Å². The smallest absolute Gasteiger partial charge is 0.242 e. The Balaban J connectivity index is 2.19. The van der Waals surface area contributed by atoms with Crippen LogP contribution in [0.15, 0.2) is 30.3 Å². The van der Waals surface area contributed by atoms with E-state index in [1.165, 1.54) is 5.56 Å².